The Bertz CT molecular complexity index is 649. The molecular weight excluding hydrogens is 366 g/mol. The van der Waals surface area contributed by atoms with Crippen LogP contribution in [-0.2, 0) is 4.74 Å². The number of methoxy groups -OCH3 is 1. The second-order valence-corrected chi connectivity index (χ2v) is 7.97. The number of benzene rings is 1. The van der Waals surface area contributed by atoms with Gasteiger partial charge in [-0.3, -0.25) is 4.99 Å². The van der Waals surface area contributed by atoms with E-state index in [4.69, 9.17) is 4.74 Å². The fourth-order valence-electron chi connectivity index (χ4n) is 3.33. The third-order valence-corrected chi connectivity index (χ3v) is 4.88. The Morgan fingerprint density at radius 1 is 1.32 bits per heavy atom. The van der Waals surface area contributed by atoms with Gasteiger partial charge in [-0.1, -0.05) is 32.9 Å². The van der Waals surface area contributed by atoms with Gasteiger partial charge in [-0.15, -0.1) is 0 Å². The highest BCUT2D eigenvalue weighted by atomic mass is 19.3. The summed E-state index contributed by atoms with van der Waals surface area (Å²) in [5, 5.41) is 6.73. The summed E-state index contributed by atoms with van der Waals surface area (Å²) in [5.41, 5.74) is 0.696. The predicted octanol–water partition coefficient (Wildman–Crippen LogP) is 3.09. The number of nitrogens with one attached hydrogen (secondary N) is 2. The Labute approximate surface area is 166 Å². The van der Waals surface area contributed by atoms with E-state index in [1.165, 1.54) is 0 Å². The third kappa shape index (κ3) is 6.22. The summed E-state index contributed by atoms with van der Waals surface area (Å²) in [5.74, 6) is 0.907. The lowest BCUT2D eigenvalue weighted by molar-refractivity contribution is -0.0495. The number of halogens is 2. The van der Waals surface area contributed by atoms with Gasteiger partial charge in [0.2, 0.25) is 0 Å². The maximum Gasteiger partial charge on any atom is 0.387 e. The van der Waals surface area contributed by atoms with Crippen molar-refractivity contribution >= 4 is 11.6 Å². The topological polar surface area (TPSA) is 58.1 Å². The van der Waals surface area contributed by atoms with Gasteiger partial charge in [-0.2, -0.15) is 8.78 Å². The van der Waals surface area contributed by atoms with E-state index in [0.29, 0.717) is 24.7 Å². The van der Waals surface area contributed by atoms with E-state index in [1.807, 2.05) is 6.07 Å². The molecule has 1 saturated heterocycles. The number of ether oxygens (including phenoxy) is 2. The first-order chi connectivity index (χ1) is 13.2. The molecule has 0 aliphatic carbocycles. The van der Waals surface area contributed by atoms with E-state index in [2.05, 4.69) is 46.0 Å². The molecule has 6 nitrogen and oxygen atoms in total. The van der Waals surface area contributed by atoms with E-state index >= 15 is 0 Å². The fourth-order valence-corrected chi connectivity index (χ4v) is 3.33. The molecule has 2 atom stereocenters. The van der Waals surface area contributed by atoms with Crippen LogP contribution in [0.3, 0.4) is 0 Å². The van der Waals surface area contributed by atoms with Crippen LogP contribution >= 0.6 is 0 Å². The molecule has 1 aliphatic rings. The number of hydrogen-bond donors (Lipinski definition) is 2. The van der Waals surface area contributed by atoms with Crippen LogP contribution < -0.4 is 20.3 Å². The van der Waals surface area contributed by atoms with Crippen LogP contribution in [0.5, 0.6) is 5.75 Å². The van der Waals surface area contributed by atoms with Crippen molar-refractivity contribution in [3.63, 3.8) is 0 Å². The molecule has 8 heteroatoms. The molecule has 1 aromatic rings. The average molecular weight is 398 g/mol. The molecule has 0 radical (unpaired) electrons. The Hall–Kier alpha value is -2.09. The maximum atomic E-state index is 12.7. The molecule has 158 valence electrons. The Morgan fingerprint density at radius 2 is 2.04 bits per heavy atom. The number of para-hydroxylation sites is 2. The normalized spacial score (nSPS) is 19.1. The molecule has 0 spiro atoms. The van der Waals surface area contributed by atoms with E-state index in [1.54, 1.807) is 32.4 Å². The fraction of sp³-hybridized carbons (Fsp3) is 0.650. The number of guanidine groups is 1. The molecule has 28 heavy (non-hydrogen) atoms. The van der Waals surface area contributed by atoms with Gasteiger partial charge in [0, 0.05) is 39.8 Å². The second-order valence-electron chi connectivity index (χ2n) is 7.97. The number of nitrogens with zero attached hydrogens (tertiary/aromatic N) is 2. The number of aliphatic imine (C=N–C) groups is 1. The van der Waals surface area contributed by atoms with Gasteiger partial charge in [0.1, 0.15) is 5.75 Å². The van der Waals surface area contributed by atoms with E-state index < -0.39 is 6.61 Å². The average Bonchev–Trinajstić information content (AvgIpc) is 3.08. The van der Waals surface area contributed by atoms with E-state index in [9.17, 15) is 8.78 Å². The van der Waals surface area contributed by atoms with Crippen molar-refractivity contribution in [1.29, 1.82) is 0 Å². The summed E-state index contributed by atoms with van der Waals surface area (Å²) in [6, 6.07) is 7.05. The van der Waals surface area contributed by atoms with Gasteiger partial charge in [-0.25, -0.2) is 0 Å². The van der Waals surface area contributed by atoms with Crippen molar-refractivity contribution in [2.24, 2.45) is 10.4 Å². The van der Waals surface area contributed by atoms with Crippen molar-refractivity contribution in [3.8, 4) is 5.75 Å². The molecule has 1 fully saturated rings. The summed E-state index contributed by atoms with van der Waals surface area (Å²) in [6.07, 6.45) is 0.918. The van der Waals surface area contributed by atoms with Crippen molar-refractivity contribution in [2.45, 2.75) is 45.9 Å². The minimum Gasteiger partial charge on any atom is -0.433 e. The molecule has 1 heterocycles. The summed E-state index contributed by atoms with van der Waals surface area (Å²) in [7, 11) is 3.44. The Balaban J connectivity index is 1.93. The molecule has 2 N–H and O–H groups in total. The Morgan fingerprint density at radius 3 is 2.64 bits per heavy atom. The maximum absolute atomic E-state index is 12.7. The zero-order valence-electron chi connectivity index (χ0n) is 17.3. The van der Waals surface area contributed by atoms with Gasteiger partial charge in [0.15, 0.2) is 5.96 Å². The smallest absolute Gasteiger partial charge is 0.387 e. The zero-order chi connectivity index (χ0) is 20.7. The molecule has 0 bridgehead atoms. The number of anilines is 1. The van der Waals surface area contributed by atoms with E-state index in [0.717, 1.165) is 13.0 Å². The largest absolute Gasteiger partial charge is 0.433 e. The molecular formula is C20H32F2N4O2. The summed E-state index contributed by atoms with van der Waals surface area (Å²) in [4.78, 5) is 6.34. The SMILES string of the molecule is CN=C(NCC(OC)C(C)(C)C)NC1CCN(c2ccccc2OC(F)F)C1. The highest BCUT2D eigenvalue weighted by Gasteiger charge is 2.27. The molecule has 2 rings (SSSR count). The summed E-state index contributed by atoms with van der Waals surface area (Å²) < 4.78 is 35.5. The molecule has 1 aromatic carbocycles. The number of alkyl halides is 2. The predicted molar refractivity (Wildman–Crippen MR) is 108 cm³/mol. The van der Waals surface area contributed by atoms with Crippen molar-refractivity contribution in [1.82, 2.24) is 10.6 Å². The lowest BCUT2D eigenvalue weighted by atomic mass is 9.89. The molecule has 2 unspecified atom stereocenters. The van der Waals surface area contributed by atoms with Crippen LogP contribution in [0.1, 0.15) is 27.2 Å². The monoisotopic (exact) mass is 398 g/mol. The lowest BCUT2D eigenvalue weighted by Crippen LogP contribution is -2.48. The third-order valence-electron chi connectivity index (χ3n) is 4.88. The standard InChI is InChI=1S/C20H32F2N4O2/c1-20(2,3)17(27-5)12-24-19(23-4)25-14-10-11-26(13-14)15-8-6-7-9-16(15)28-18(21)22/h6-9,14,17-18H,10-13H2,1-5H3,(H2,23,24,25). The zero-order valence-corrected chi connectivity index (χ0v) is 17.3. The first-order valence-electron chi connectivity index (χ1n) is 9.53. The van der Waals surface area contributed by atoms with Crippen LogP contribution in [0.2, 0.25) is 0 Å². The summed E-state index contributed by atoms with van der Waals surface area (Å²) >= 11 is 0. The van der Waals surface area contributed by atoms with Crippen molar-refractivity contribution in [2.75, 3.05) is 38.7 Å². The van der Waals surface area contributed by atoms with Crippen LogP contribution in [-0.4, -0.2) is 58.5 Å². The van der Waals surface area contributed by atoms with Gasteiger partial charge >= 0.3 is 6.61 Å². The first-order valence-corrected chi connectivity index (χ1v) is 9.53. The highest BCUT2D eigenvalue weighted by Crippen LogP contribution is 2.31. The van der Waals surface area contributed by atoms with Crippen molar-refractivity contribution < 1.29 is 18.3 Å². The number of rotatable bonds is 7. The van der Waals surface area contributed by atoms with Crippen LogP contribution in [0.15, 0.2) is 29.3 Å². The molecule has 1 aliphatic heterocycles. The van der Waals surface area contributed by atoms with Crippen molar-refractivity contribution in [3.05, 3.63) is 24.3 Å². The molecule has 0 amide bonds. The lowest BCUT2D eigenvalue weighted by Gasteiger charge is -2.30. The Kier molecular flexibility index (Phi) is 7.86. The minimum atomic E-state index is -2.84. The minimum absolute atomic E-state index is 0.0131. The quantitative estimate of drug-likeness (QED) is 0.546. The first kappa shape index (κ1) is 22.2. The van der Waals surface area contributed by atoms with Crippen LogP contribution in [0, 0.1) is 5.41 Å². The highest BCUT2D eigenvalue weighted by molar-refractivity contribution is 5.80. The molecule has 0 aromatic heterocycles. The molecule has 0 saturated carbocycles. The van der Waals surface area contributed by atoms with Gasteiger partial charge in [0.25, 0.3) is 0 Å². The van der Waals surface area contributed by atoms with Gasteiger partial charge < -0.3 is 25.0 Å². The summed E-state index contributed by atoms with van der Waals surface area (Å²) in [6.45, 7) is 5.63. The van der Waals surface area contributed by atoms with Gasteiger partial charge in [-0.05, 0) is 24.0 Å². The van der Waals surface area contributed by atoms with Crippen LogP contribution in [0.4, 0.5) is 14.5 Å². The van der Waals surface area contributed by atoms with Crippen LogP contribution in [0.25, 0.3) is 0 Å². The van der Waals surface area contributed by atoms with E-state index in [-0.39, 0.29) is 23.3 Å². The number of hydrogen-bond acceptors (Lipinski definition) is 4. The van der Waals surface area contributed by atoms with Gasteiger partial charge in [0.05, 0.1) is 11.8 Å². The second kappa shape index (κ2) is 9.91.